The van der Waals surface area contributed by atoms with Crippen LogP contribution in [0.3, 0.4) is 0 Å². The third kappa shape index (κ3) is 5.23. The van der Waals surface area contributed by atoms with Gasteiger partial charge in [-0.2, -0.15) is 0 Å². The molecular weight excluding hydrogens is 322 g/mol. The first-order valence-electron chi connectivity index (χ1n) is 8.06. The topological polar surface area (TPSA) is 9.23 Å². The van der Waals surface area contributed by atoms with E-state index in [9.17, 15) is 8.78 Å². The molecule has 0 spiro atoms. The molecule has 0 amide bonds. The number of hydrogen-bond acceptors (Lipinski definition) is 1. The molecule has 1 saturated heterocycles. The van der Waals surface area contributed by atoms with Crippen molar-refractivity contribution in [3.8, 4) is 5.75 Å². The molecule has 0 unspecified atom stereocenters. The zero-order valence-electron chi connectivity index (χ0n) is 13.3. The van der Waals surface area contributed by atoms with Gasteiger partial charge >= 0.3 is 0 Å². The third-order valence-electron chi connectivity index (χ3n) is 4.33. The van der Waals surface area contributed by atoms with Crippen molar-refractivity contribution in [2.24, 2.45) is 11.8 Å². The van der Waals surface area contributed by atoms with Gasteiger partial charge in [0.2, 0.25) is 0 Å². The molecule has 1 aromatic carbocycles. The monoisotopic (exact) mass is 345 g/mol. The van der Waals surface area contributed by atoms with Gasteiger partial charge in [0.25, 0.3) is 0 Å². The van der Waals surface area contributed by atoms with Crippen molar-refractivity contribution in [1.82, 2.24) is 0 Å². The lowest BCUT2D eigenvalue weighted by molar-refractivity contribution is 0.234. The lowest BCUT2D eigenvalue weighted by Crippen LogP contribution is -2.25. The van der Waals surface area contributed by atoms with E-state index in [0.717, 1.165) is 18.1 Å². The van der Waals surface area contributed by atoms with E-state index in [-0.39, 0.29) is 14.5 Å². The van der Waals surface area contributed by atoms with Crippen LogP contribution in [0.25, 0.3) is 0 Å². The van der Waals surface area contributed by atoms with Gasteiger partial charge < -0.3 is 4.74 Å². The van der Waals surface area contributed by atoms with Crippen molar-refractivity contribution in [2.45, 2.75) is 51.2 Å². The highest BCUT2D eigenvalue weighted by molar-refractivity contribution is 6.58. The summed E-state index contributed by atoms with van der Waals surface area (Å²) in [7, 11) is -0.169. The van der Waals surface area contributed by atoms with Crippen LogP contribution < -0.4 is 4.74 Å². The van der Waals surface area contributed by atoms with Gasteiger partial charge in [-0.25, -0.2) is 8.78 Å². The first kappa shape index (κ1) is 17.7. The van der Waals surface area contributed by atoms with Gasteiger partial charge in [-0.3, -0.25) is 0 Å². The van der Waals surface area contributed by atoms with Crippen molar-refractivity contribution in [3.63, 3.8) is 0 Å². The minimum Gasteiger partial charge on any atom is -0.493 e. The molecule has 1 fully saturated rings. The zero-order chi connectivity index (χ0) is 16.1. The van der Waals surface area contributed by atoms with Crippen LogP contribution in [-0.2, 0) is 0 Å². The van der Waals surface area contributed by atoms with E-state index in [0.29, 0.717) is 12.5 Å². The fraction of sp³-hybridized carbons (Fsp3) is 0.647. The molecule has 1 radical (unpaired) electrons. The fourth-order valence-electron chi connectivity index (χ4n) is 2.82. The summed E-state index contributed by atoms with van der Waals surface area (Å²) < 4.78 is 32.3. The predicted octanol–water partition coefficient (Wildman–Crippen LogP) is 5.95. The van der Waals surface area contributed by atoms with Gasteiger partial charge in [-0.05, 0) is 24.7 Å². The first-order chi connectivity index (χ1) is 10.5. The average Bonchev–Trinajstić information content (AvgIpc) is 2.49. The SMILES string of the molecule is CC(C)CC[Si]1CCC(COc2cc(F)c(Cl)c(F)c2)CC1. The van der Waals surface area contributed by atoms with Crippen LogP contribution in [0, 0.1) is 23.5 Å². The van der Waals surface area contributed by atoms with Gasteiger partial charge in [0.1, 0.15) is 22.4 Å². The molecule has 22 heavy (non-hydrogen) atoms. The first-order valence-corrected chi connectivity index (χ1v) is 10.6. The second-order valence-corrected chi connectivity index (χ2v) is 10.0. The lowest BCUT2D eigenvalue weighted by atomic mass is 10.0. The maximum absolute atomic E-state index is 13.4. The fourth-order valence-corrected chi connectivity index (χ4v) is 6.30. The zero-order valence-corrected chi connectivity index (χ0v) is 15.1. The summed E-state index contributed by atoms with van der Waals surface area (Å²) in [6.45, 7) is 5.11. The van der Waals surface area contributed by atoms with E-state index in [4.69, 9.17) is 16.3 Å². The highest BCUT2D eigenvalue weighted by atomic mass is 35.5. The van der Waals surface area contributed by atoms with Crippen molar-refractivity contribution in [3.05, 3.63) is 28.8 Å². The molecule has 0 bridgehead atoms. The van der Waals surface area contributed by atoms with E-state index >= 15 is 0 Å². The van der Waals surface area contributed by atoms with Crippen molar-refractivity contribution >= 4 is 20.4 Å². The van der Waals surface area contributed by atoms with Gasteiger partial charge in [-0.15, -0.1) is 0 Å². The lowest BCUT2D eigenvalue weighted by Gasteiger charge is -2.27. The van der Waals surface area contributed by atoms with Gasteiger partial charge in [0.15, 0.2) is 0 Å². The van der Waals surface area contributed by atoms with Crippen LogP contribution in [0.5, 0.6) is 5.75 Å². The van der Waals surface area contributed by atoms with Gasteiger partial charge in [0.05, 0.1) is 6.61 Å². The molecule has 123 valence electrons. The number of hydrogen-bond donors (Lipinski definition) is 0. The van der Waals surface area contributed by atoms with Crippen LogP contribution in [0.2, 0.25) is 23.2 Å². The van der Waals surface area contributed by atoms with E-state index in [1.165, 1.54) is 37.4 Å². The average molecular weight is 346 g/mol. The number of halogens is 3. The Morgan fingerprint density at radius 3 is 2.36 bits per heavy atom. The summed E-state index contributed by atoms with van der Waals surface area (Å²) in [6.07, 6.45) is 3.72. The molecular formula is C17H24ClF2OSi. The molecule has 5 heteroatoms. The molecule has 1 aromatic rings. The van der Waals surface area contributed by atoms with Crippen LogP contribution in [0.4, 0.5) is 8.78 Å². The Morgan fingerprint density at radius 2 is 1.82 bits per heavy atom. The van der Waals surface area contributed by atoms with Crippen LogP contribution in [0.1, 0.15) is 33.1 Å². The standard InChI is InChI=1S/C17H24ClF2OSi/c1-12(2)3-6-22-7-4-13(5-8-22)11-21-14-9-15(19)17(18)16(20)10-14/h9-10,12-13H,3-8,11H2,1-2H3. The molecule has 0 N–H and O–H groups in total. The molecule has 1 aliphatic rings. The van der Waals surface area contributed by atoms with E-state index < -0.39 is 16.7 Å². The highest BCUT2D eigenvalue weighted by Crippen LogP contribution is 2.30. The largest absolute Gasteiger partial charge is 0.493 e. The molecule has 0 saturated carbocycles. The van der Waals surface area contributed by atoms with E-state index in [2.05, 4.69) is 13.8 Å². The van der Waals surface area contributed by atoms with Gasteiger partial charge in [-0.1, -0.05) is 50.0 Å². The molecule has 1 heterocycles. The summed E-state index contributed by atoms with van der Waals surface area (Å²) in [5.74, 6) is 0.0113. The molecule has 2 rings (SSSR count). The molecule has 1 nitrogen and oxygen atoms in total. The Bertz CT molecular complexity index is 465. The van der Waals surface area contributed by atoms with Crippen molar-refractivity contribution in [1.29, 1.82) is 0 Å². The van der Waals surface area contributed by atoms with Crippen LogP contribution in [0.15, 0.2) is 12.1 Å². The maximum Gasteiger partial charge on any atom is 0.148 e. The summed E-state index contributed by atoms with van der Waals surface area (Å²) >= 11 is 5.46. The van der Waals surface area contributed by atoms with Crippen molar-refractivity contribution in [2.75, 3.05) is 6.61 Å². The number of ether oxygens (including phenoxy) is 1. The molecule has 0 atom stereocenters. The van der Waals surface area contributed by atoms with E-state index in [1.807, 2.05) is 0 Å². The second kappa shape index (κ2) is 8.30. The van der Waals surface area contributed by atoms with Crippen LogP contribution in [-0.4, -0.2) is 15.4 Å². The van der Waals surface area contributed by atoms with Crippen molar-refractivity contribution < 1.29 is 13.5 Å². The van der Waals surface area contributed by atoms with Crippen LogP contribution >= 0.6 is 11.6 Å². The summed E-state index contributed by atoms with van der Waals surface area (Å²) in [5.41, 5.74) is 0. The molecule has 0 aromatic heterocycles. The Balaban J connectivity index is 1.75. The maximum atomic E-state index is 13.4. The minimum absolute atomic E-state index is 0.169. The Kier molecular flexibility index (Phi) is 6.69. The van der Waals surface area contributed by atoms with Gasteiger partial charge in [0, 0.05) is 20.9 Å². The number of rotatable bonds is 6. The quantitative estimate of drug-likeness (QED) is 0.457. The Labute approximate surface area is 138 Å². The second-order valence-electron chi connectivity index (χ2n) is 6.64. The molecule has 1 aliphatic heterocycles. The summed E-state index contributed by atoms with van der Waals surface area (Å²) in [5, 5.41) is -0.470. The van der Waals surface area contributed by atoms with E-state index in [1.54, 1.807) is 0 Å². The predicted molar refractivity (Wildman–Crippen MR) is 89.2 cm³/mol. The smallest absolute Gasteiger partial charge is 0.148 e. The minimum atomic E-state index is -0.764. The third-order valence-corrected chi connectivity index (χ3v) is 7.68. The normalized spacial score (nSPS) is 17.2. The Hall–Kier alpha value is -0.613. The number of benzene rings is 1. The molecule has 0 aliphatic carbocycles. The Morgan fingerprint density at radius 1 is 1.23 bits per heavy atom. The highest BCUT2D eigenvalue weighted by Gasteiger charge is 2.23. The summed E-state index contributed by atoms with van der Waals surface area (Å²) in [6, 6.07) is 6.42. The summed E-state index contributed by atoms with van der Waals surface area (Å²) in [4.78, 5) is 0.